The van der Waals surface area contributed by atoms with Gasteiger partial charge < -0.3 is 10.6 Å². The van der Waals surface area contributed by atoms with Crippen LogP contribution in [0.4, 0.5) is 0 Å². The third-order valence-electron chi connectivity index (χ3n) is 4.54. The summed E-state index contributed by atoms with van der Waals surface area (Å²) in [5.41, 5.74) is 1.38. The lowest BCUT2D eigenvalue weighted by atomic mass is 9.95. The third-order valence-corrected chi connectivity index (χ3v) is 5.56. The predicted octanol–water partition coefficient (Wildman–Crippen LogP) is 3.34. The molecule has 2 aromatic rings. The van der Waals surface area contributed by atoms with Gasteiger partial charge in [-0.2, -0.15) is 0 Å². The molecule has 2 heterocycles. The summed E-state index contributed by atoms with van der Waals surface area (Å²) in [6.07, 6.45) is 3.58. The number of benzene rings is 1. The molecular weight excluding hydrogens is 292 g/mol. The molecule has 1 amide bonds. The molecule has 0 spiro atoms. The van der Waals surface area contributed by atoms with E-state index in [1.165, 1.54) is 15.6 Å². The second-order valence-corrected chi connectivity index (χ2v) is 7.17. The third kappa shape index (κ3) is 3.68. The number of aryl methyl sites for hydroxylation is 1. The first-order valence-electron chi connectivity index (χ1n) is 8.19. The van der Waals surface area contributed by atoms with E-state index in [-0.39, 0.29) is 5.91 Å². The zero-order chi connectivity index (χ0) is 15.4. The second-order valence-electron chi connectivity index (χ2n) is 6.25. The van der Waals surface area contributed by atoms with Crippen molar-refractivity contribution in [1.29, 1.82) is 0 Å². The van der Waals surface area contributed by atoms with E-state index in [1.54, 1.807) is 11.3 Å². The number of nitrogens with one attached hydrogen (secondary N) is 2. The van der Waals surface area contributed by atoms with Crippen molar-refractivity contribution in [2.75, 3.05) is 13.1 Å². The topological polar surface area (TPSA) is 41.1 Å². The van der Waals surface area contributed by atoms with E-state index in [4.69, 9.17) is 0 Å². The molecule has 0 saturated carbocycles. The van der Waals surface area contributed by atoms with E-state index in [2.05, 4.69) is 47.2 Å². The highest BCUT2D eigenvalue weighted by molar-refractivity contribution is 7.17. The zero-order valence-electron chi connectivity index (χ0n) is 13.1. The summed E-state index contributed by atoms with van der Waals surface area (Å²) < 4.78 is 1.34. The molecule has 22 heavy (non-hydrogen) atoms. The van der Waals surface area contributed by atoms with Gasteiger partial charge in [0.25, 0.3) is 0 Å². The van der Waals surface area contributed by atoms with Crippen LogP contribution in [0.3, 0.4) is 0 Å². The van der Waals surface area contributed by atoms with Gasteiger partial charge in [-0.25, -0.2) is 0 Å². The van der Waals surface area contributed by atoms with Gasteiger partial charge in [0.05, 0.1) is 0 Å². The minimum atomic E-state index is 0.207. The lowest BCUT2D eigenvalue weighted by molar-refractivity contribution is -0.122. The molecule has 2 unspecified atom stereocenters. The first kappa shape index (κ1) is 15.5. The number of thiophene rings is 1. The molecule has 4 heteroatoms. The molecule has 3 rings (SSSR count). The van der Waals surface area contributed by atoms with Crippen molar-refractivity contribution in [3.05, 3.63) is 35.2 Å². The summed E-state index contributed by atoms with van der Waals surface area (Å²) in [6, 6.07) is 8.85. The summed E-state index contributed by atoms with van der Waals surface area (Å²) >= 11 is 1.79. The minimum absolute atomic E-state index is 0.207. The zero-order valence-corrected chi connectivity index (χ0v) is 13.9. The molecular formula is C18H24N2OS. The molecule has 0 aliphatic carbocycles. The Morgan fingerprint density at radius 3 is 3.14 bits per heavy atom. The number of hydrogen-bond donors (Lipinski definition) is 2. The van der Waals surface area contributed by atoms with E-state index in [0.29, 0.717) is 18.4 Å². The Morgan fingerprint density at radius 1 is 1.41 bits per heavy atom. The lowest BCUT2D eigenvalue weighted by Crippen LogP contribution is -2.48. The van der Waals surface area contributed by atoms with E-state index in [1.807, 2.05) is 0 Å². The second kappa shape index (κ2) is 7.25. The smallest absolute Gasteiger partial charge is 0.220 e. The van der Waals surface area contributed by atoms with Gasteiger partial charge in [-0.15, -0.1) is 11.3 Å². The molecule has 1 aromatic carbocycles. The van der Waals surface area contributed by atoms with Crippen LogP contribution in [0, 0.1) is 5.92 Å². The Bertz CT molecular complexity index is 637. The number of hydrogen-bond acceptors (Lipinski definition) is 3. The first-order valence-corrected chi connectivity index (χ1v) is 9.07. The fourth-order valence-corrected chi connectivity index (χ4v) is 4.17. The maximum Gasteiger partial charge on any atom is 0.220 e. The van der Waals surface area contributed by atoms with Gasteiger partial charge in [-0.05, 0) is 60.7 Å². The van der Waals surface area contributed by atoms with Crippen molar-refractivity contribution >= 4 is 27.3 Å². The van der Waals surface area contributed by atoms with Crippen molar-refractivity contribution in [3.63, 3.8) is 0 Å². The standard InChI is InChI=1S/C18H24N2OS/c1-13-11-19-10-9-16(13)20-18(21)8-4-5-14-12-22-17-7-3-2-6-15(14)17/h2-3,6-7,12-13,16,19H,4-5,8-11H2,1H3,(H,20,21). The summed E-state index contributed by atoms with van der Waals surface area (Å²) in [5, 5.41) is 10.2. The Balaban J connectivity index is 1.47. The van der Waals surface area contributed by atoms with Gasteiger partial charge in [0.1, 0.15) is 0 Å². The number of rotatable bonds is 5. The van der Waals surface area contributed by atoms with E-state index >= 15 is 0 Å². The van der Waals surface area contributed by atoms with Gasteiger partial charge in [0, 0.05) is 17.2 Å². The van der Waals surface area contributed by atoms with Gasteiger partial charge in [0.2, 0.25) is 5.91 Å². The molecule has 0 radical (unpaired) electrons. The number of fused-ring (bicyclic) bond motifs is 1. The van der Waals surface area contributed by atoms with Crippen molar-refractivity contribution in [1.82, 2.24) is 10.6 Å². The fraction of sp³-hybridized carbons (Fsp3) is 0.500. The van der Waals surface area contributed by atoms with Crippen LogP contribution in [0.15, 0.2) is 29.6 Å². The molecule has 1 aromatic heterocycles. The molecule has 118 valence electrons. The average molecular weight is 316 g/mol. The molecule has 1 fully saturated rings. The predicted molar refractivity (Wildman–Crippen MR) is 93.3 cm³/mol. The van der Waals surface area contributed by atoms with Crippen molar-refractivity contribution in [2.45, 2.75) is 38.6 Å². The van der Waals surface area contributed by atoms with Crippen LogP contribution in [-0.4, -0.2) is 25.0 Å². The highest BCUT2D eigenvalue weighted by Gasteiger charge is 2.22. The Labute approximate surface area is 136 Å². The van der Waals surface area contributed by atoms with Crippen LogP contribution < -0.4 is 10.6 Å². The van der Waals surface area contributed by atoms with Crippen LogP contribution in [0.5, 0.6) is 0 Å². The fourth-order valence-electron chi connectivity index (χ4n) is 3.17. The number of carbonyl (C=O) groups excluding carboxylic acids is 1. The molecule has 2 N–H and O–H groups in total. The van der Waals surface area contributed by atoms with Gasteiger partial charge in [0.15, 0.2) is 0 Å². The molecule has 0 bridgehead atoms. The minimum Gasteiger partial charge on any atom is -0.353 e. The normalized spacial score (nSPS) is 21.9. The Hall–Kier alpha value is -1.39. The van der Waals surface area contributed by atoms with E-state index in [0.717, 1.165) is 32.4 Å². The van der Waals surface area contributed by atoms with Crippen LogP contribution in [-0.2, 0) is 11.2 Å². The van der Waals surface area contributed by atoms with Crippen LogP contribution in [0.2, 0.25) is 0 Å². The number of carbonyl (C=O) groups is 1. The summed E-state index contributed by atoms with van der Waals surface area (Å²) in [4.78, 5) is 12.1. The largest absolute Gasteiger partial charge is 0.353 e. The van der Waals surface area contributed by atoms with Crippen LogP contribution in [0.1, 0.15) is 31.7 Å². The van der Waals surface area contributed by atoms with Gasteiger partial charge in [-0.1, -0.05) is 25.1 Å². The molecule has 1 saturated heterocycles. The Kier molecular flexibility index (Phi) is 5.11. The Morgan fingerprint density at radius 2 is 2.27 bits per heavy atom. The molecule has 1 aliphatic heterocycles. The maximum absolute atomic E-state index is 12.1. The summed E-state index contributed by atoms with van der Waals surface area (Å²) in [5.74, 6) is 0.733. The van der Waals surface area contributed by atoms with Gasteiger partial charge in [-0.3, -0.25) is 4.79 Å². The van der Waals surface area contributed by atoms with Crippen molar-refractivity contribution in [2.24, 2.45) is 5.92 Å². The molecule has 2 atom stereocenters. The van der Waals surface area contributed by atoms with Crippen LogP contribution >= 0.6 is 11.3 Å². The highest BCUT2D eigenvalue weighted by atomic mass is 32.1. The van der Waals surface area contributed by atoms with Gasteiger partial charge >= 0.3 is 0 Å². The summed E-state index contributed by atoms with van der Waals surface area (Å²) in [7, 11) is 0. The lowest BCUT2D eigenvalue weighted by Gasteiger charge is -2.30. The maximum atomic E-state index is 12.1. The van der Waals surface area contributed by atoms with E-state index in [9.17, 15) is 4.79 Å². The average Bonchev–Trinajstić information content (AvgIpc) is 2.93. The number of amides is 1. The highest BCUT2D eigenvalue weighted by Crippen LogP contribution is 2.26. The molecule has 1 aliphatic rings. The SMILES string of the molecule is CC1CNCCC1NC(=O)CCCc1csc2ccccc12. The first-order chi connectivity index (χ1) is 10.7. The van der Waals surface area contributed by atoms with Crippen LogP contribution in [0.25, 0.3) is 10.1 Å². The quantitative estimate of drug-likeness (QED) is 0.888. The molecule has 3 nitrogen and oxygen atoms in total. The van der Waals surface area contributed by atoms with Crippen molar-refractivity contribution in [3.8, 4) is 0 Å². The summed E-state index contributed by atoms with van der Waals surface area (Å²) in [6.45, 7) is 4.22. The number of piperidine rings is 1. The van der Waals surface area contributed by atoms with Crippen molar-refractivity contribution < 1.29 is 4.79 Å². The van der Waals surface area contributed by atoms with E-state index < -0.39 is 0 Å². The monoisotopic (exact) mass is 316 g/mol.